The SMILES string of the molecule is COCCOCCNc1ccc(N)c(C)n1. The number of anilines is 2. The second kappa shape index (κ2) is 7.03. The van der Waals surface area contributed by atoms with Gasteiger partial charge in [-0.3, -0.25) is 0 Å². The minimum Gasteiger partial charge on any atom is -0.397 e. The van der Waals surface area contributed by atoms with Crippen LogP contribution in [0.1, 0.15) is 5.69 Å². The van der Waals surface area contributed by atoms with Gasteiger partial charge in [-0.1, -0.05) is 0 Å². The third-order valence-electron chi connectivity index (χ3n) is 2.11. The van der Waals surface area contributed by atoms with Gasteiger partial charge < -0.3 is 20.5 Å². The van der Waals surface area contributed by atoms with Gasteiger partial charge in [-0.15, -0.1) is 0 Å². The summed E-state index contributed by atoms with van der Waals surface area (Å²) in [7, 11) is 1.66. The Morgan fingerprint density at radius 1 is 1.31 bits per heavy atom. The molecule has 1 aromatic heterocycles. The van der Waals surface area contributed by atoms with E-state index in [9.17, 15) is 0 Å². The fourth-order valence-electron chi connectivity index (χ4n) is 1.17. The summed E-state index contributed by atoms with van der Waals surface area (Å²) in [5.74, 6) is 0.821. The summed E-state index contributed by atoms with van der Waals surface area (Å²) in [4.78, 5) is 4.29. The zero-order chi connectivity index (χ0) is 11.8. The summed E-state index contributed by atoms with van der Waals surface area (Å²) >= 11 is 0. The summed E-state index contributed by atoms with van der Waals surface area (Å²) in [5, 5.41) is 3.16. The summed E-state index contributed by atoms with van der Waals surface area (Å²) < 4.78 is 10.2. The molecule has 0 fully saturated rings. The normalized spacial score (nSPS) is 10.4. The fourth-order valence-corrected chi connectivity index (χ4v) is 1.17. The molecular weight excluding hydrogens is 206 g/mol. The van der Waals surface area contributed by atoms with Crippen molar-refractivity contribution in [1.29, 1.82) is 0 Å². The average molecular weight is 225 g/mol. The number of rotatable bonds is 7. The minimum atomic E-state index is 0.617. The molecule has 0 amide bonds. The highest BCUT2D eigenvalue weighted by Gasteiger charge is 1.97. The van der Waals surface area contributed by atoms with Crippen LogP contribution < -0.4 is 11.1 Å². The van der Waals surface area contributed by atoms with E-state index in [1.54, 1.807) is 7.11 Å². The van der Waals surface area contributed by atoms with Crippen LogP contribution in [0.25, 0.3) is 0 Å². The van der Waals surface area contributed by atoms with Crippen LogP contribution in [0.15, 0.2) is 12.1 Å². The topological polar surface area (TPSA) is 69.4 Å². The first-order valence-electron chi connectivity index (χ1n) is 5.27. The maximum Gasteiger partial charge on any atom is 0.126 e. The van der Waals surface area contributed by atoms with E-state index in [0.29, 0.717) is 25.5 Å². The largest absolute Gasteiger partial charge is 0.397 e. The fraction of sp³-hybridized carbons (Fsp3) is 0.545. The van der Waals surface area contributed by atoms with Crippen LogP contribution in [0.4, 0.5) is 11.5 Å². The van der Waals surface area contributed by atoms with Crippen molar-refractivity contribution in [3.8, 4) is 0 Å². The van der Waals surface area contributed by atoms with E-state index in [0.717, 1.165) is 18.1 Å². The smallest absolute Gasteiger partial charge is 0.126 e. The second-order valence-corrected chi connectivity index (χ2v) is 3.40. The number of nitrogens with one attached hydrogen (secondary N) is 1. The maximum absolute atomic E-state index is 5.67. The summed E-state index contributed by atoms with van der Waals surface area (Å²) in [6, 6.07) is 3.70. The number of aromatic nitrogens is 1. The Morgan fingerprint density at radius 3 is 2.81 bits per heavy atom. The molecular formula is C11H19N3O2. The van der Waals surface area contributed by atoms with Crippen LogP contribution in [0.3, 0.4) is 0 Å². The molecule has 0 bridgehead atoms. The Bertz CT molecular complexity index is 318. The number of nitrogen functional groups attached to an aromatic ring is 1. The minimum absolute atomic E-state index is 0.617. The number of hydrogen-bond donors (Lipinski definition) is 2. The zero-order valence-electron chi connectivity index (χ0n) is 9.82. The van der Waals surface area contributed by atoms with E-state index < -0.39 is 0 Å². The van der Waals surface area contributed by atoms with Crippen LogP contribution in [0.5, 0.6) is 0 Å². The molecule has 90 valence electrons. The van der Waals surface area contributed by atoms with Gasteiger partial charge in [0, 0.05) is 13.7 Å². The summed E-state index contributed by atoms with van der Waals surface area (Å²) in [5.41, 5.74) is 7.22. The quantitative estimate of drug-likeness (QED) is 0.679. The second-order valence-electron chi connectivity index (χ2n) is 3.40. The van der Waals surface area contributed by atoms with Gasteiger partial charge in [-0.05, 0) is 19.1 Å². The average Bonchev–Trinajstić information content (AvgIpc) is 2.28. The molecule has 0 aliphatic heterocycles. The Balaban J connectivity index is 2.19. The lowest BCUT2D eigenvalue weighted by Crippen LogP contribution is -2.13. The molecule has 0 spiro atoms. The first kappa shape index (κ1) is 12.7. The molecule has 3 N–H and O–H groups in total. The number of ether oxygens (including phenoxy) is 2. The van der Waals surface area contributed by atoms with Crippen molar-refractivity contribution in [1.82, 2.24) is 4.98 Å². The molecule has 0 aliphatic carbocycles. The van der Waals surface area contributed by atoms with Crippen molar-refractivity contribution in [3.63, 3.8) is 0 Å². The lowest BCUT2D eigenvalue weighted by Gasteiger charge is -2.08. The van der Waals surface area contributed by atoms with E-state index in [2.05, 4.69) is 10.3 Å². The van der Waals surface area contributed by atoms with Gasteiger partial charge in [0.2, 0.25) is 0 Å². The summed E-state index contributed by atoms with van der Waals surface area (Å²) in [6.07, 6.45) is 0. The Labute approximate surface area is 96.0 Å². The Kier molecular flexibility index (Phi) is 5.60. The molecule has 0 saturated heterocycles. The molecule has 0 unspecified atom stereocenters. The monoisotopic (exact) mass is 225 g/mol. The molecule has 5 heteroatoms. The molecule has 5 nitrogen and oxygen atoms in total. The van der Waals surface area contributed by atoms with Crippen LogP contribution in [0.2, 0.25) is 0 Å². The van der Waals surface area contributed by atoms with Crippen LogP contribution in [-0.2, 0) is 9.47 Å². The molecule has 0 radical (unpaired) electrons. The standard InChI is InChI=1S/C11H19N3O2/c1-9-10(12)3-4-11(14-9)13-5-6-16-8-7-15-2/h3-4H,5-8,12H2,1-2H3,(H,13,14). The number of hydrogen-bond acceptors (Lipinski definition) is 5. The number of methoxy groups -OCH3 is 1. The highest BCUT2D eigenvalue weighted by atomic mass is 16.5. The predicted octanol–water partition coefficient (Wildman–Crippen LogP) is 1.05. The van der Waals surface area contributed by atoms with E-state index in [1.165, 1.54) is 0 Å². The van der Waals surface area contributed by atoms with Crippen LogP contribution >= 0.6 is 0 Å². The predicted molar refractivity (Wildman–Crippen MR) is 64.6 cm³/mol. The van der Waals surface area contributed by atoms with Gasteiger partial charge in [0.05, 0.1) is 31.2 Å². The number of pyridine rings is 1. The van der Waals surface area contributed by atoms with E-state index in [1.807, 2.05) is 19.1 Å². The van der Waals surface area contributed by atoms with Crippen molar-refractivity contribution in [2.24, 2.45) is 0 Å². The molecule has 0 aliphatic rings. The number of aryl methyl sites for hydroxylation is 1. The third-order valence-corrected chi connectivity index (χ3v) is 2.11. The van der Waals surface area contributed by atoms with Crippen molar-refractivity contribution < 1.29 is 9.47 Å². The van der Waals surface area contributed by atoms with Gasteiger partial charge in [-0.25, -0.2) is 4.98 Å². The summed E-state index contributed by atoms with van der Waals surface area (Å²) in [6.45, 7) is 4.48. The number of nitrogens with two attached hydrogens (primary N) is 1. The van der Waals surface area contributed by atoms with Crippen molar-refractivity contribution >= 4 is 11.5 Å². The van der Waals surface area contributed by atoms with E-state index in [-0.39, 0.29) is 0 Å². The van der Waals surface area contributed by atoms with E-state index in [4.69, 9.17) is 15.2 Å². The Hall–Kier alpha value is -1.33. The van der Waals surface area contributed by atoms with Gasteiger partial charge in [0.15, 0.2) is 0 Å². The van der Waals surface area contributed by atoms with Crippen LogP contribution in [0, 0.1) is 6.92 Å². The molecule has 1 heterocycles. The molecule has 16 heavy (non-hydrogen) atoms. The highest BCUT2D eigenvalue weighted by Crippen LogP contribution is 2.11. The first-order valence-corrected chi connectivity index (χ1v) is 5.27. The van der Waals surface area contributed by atoms with Crippen molar-refractivity contribution in [2.45, 2.75) is 6.92 Å². The highest BCUT2D eigenvalue weighted by molar-refractivity contribution is 5.48. The number of nitrogens with zero attached hydrogens (tertiary/aromatic N) is 1. The van der Waals surface area contributed by atoms with Crippen molar-refractivity contribution in [2.75, 3.05) is 44.5 Å². The molecule has 1 rings (SSSR count). The molecule has 0 aromatic carbocycles. The van der Waals surface area contributed by atoms with Crippen molar-refractivity contribution in [3.05, 3.63) is 17.8 Å². The molecule has 0 saturated carbocycles. The van der Waals surface area contributed by atoms with Gasteiger partial charge in [0.25, 0.3) is 0 Å². The lowest BCUT2D eigenvalue weighted by atomic mass is 10.3. The first-order chi connectivity index (χ1) is 7.74. The molecule has 1 aromatic rings. The zero-order valence-corrected chi connectivity index (χ0v) is 9.82. The molecule has 0 atom stereocenters. The van der Waals surface area contributed by atoms with Crippen LogP contribution in [-0.4, -0.2) is 38.5 Å². The van der Waals surface area contributed by atoms with E-state index >= 15 is 0 Å². The van der Waals surface area contributed by atoms with Gasteiger partial charge in [0.1, 0.15) is 5.82 Å². The maximum atomic E-state index is 5.67. The van der Waals surface area contributed by atoms with Gasteiger partial charge >= 0.3 is 0 Å². The Morgan fingerprint density at radius 2 is 2.12 bits per heavy atom. The third kappa shape index (κ3) is 4.46. The van der Waals surface area contributed by atoms with Gasteiger partial charge in [-0.2, -0.15) is 0 Å². The lowest BCUT2D eigenvalue weighted by molar-refractivity contribution is 0.0759.